The molecule has 0 aliphatic heterocycles. The van der Waals surface area contributed by atoms with Crippen LogP contribution in [-0.4, -0.2) is 0 Å². The molecule has 0 saturated carbocycles. The molecule has 0 aromatic heterocycles. The summed E-state index contributed by atoms with van der Waals surface area (Å²) < 4.78 is 14.2. The van der Waals surface area contributed by atoms with E-state index in [-0.39, 0.29) is 10.6 Å². The Morgan fingerprint density at radius 3 is 2.15 bits per heavy atom. The Kier molecular flexibility index (Phi) is 5.39. The third kappa shape index (κ3) is 3.70. The van der Waals surface area contributed by atoms with Crippen LogP contribution in [-0.2, 0) is 0 Å². The Balaban J connectivity index is 2.26. The Hall–Kier alpha value is -0.670. The summed E-state index contributed by atoms with van der Waals surface area (Å²) >= 11 is 6.99. The van der Waals surface area contributed by atoms with E-state index in [0.717, 1.165) is 22.0 Å². The van der Waals surface area contributed by atoms with Crippen LogP contribution in [0.1, 0.15) is 47.7 Å². The third-order valence-electron chi connectivity index (χ3n) is 3.59. The number of benzene rings is 2. The first-order chi connectivity index (χ1) is 9.51. The van der Waals surface area contributed by atoms with Gasteiger partial charge in [-0.2, -0.15) is 0 Å². The van der Waals surface area contributed by atoms with Crippen LogP contribution in [0, 0.1) is 5.82 Å². The van der Waals surface area contributed by atoms with E-state index in [1.165, 1.54) is 11.6 Å². The Labute approximate surface area is 136 Å². The van der Waals surface area contributed by atoms with Crippen LogP contribution < -0.4 is 0 Å². The molecule has 0 aliphatic rings. The summed E-state index contributed by atoms with van der Waals surface area (Å²) in [6, 6.07) is 13.5. The van der Waals surface area contributed by atoms with Crippen molar-refractivity contribution in [3.63, 3.8) is 0 Å². The molecule has 0 amide bonds. The van der Waals surface area contributed by atoms with Crippen molar-refractivity contribution >= 4 is 31.9 Å². The number of hydrogen-bond acceptors (Lipinski definition) is 0. The SMILES string of the molecule is CCC(C)c1ccc(C(Br)c2cc(F)cc(Br)c2)cc1. The van der Waals surface area contributed by atoms with E-state index in [2.05, 4.69) is 70.0 Å². The second-order valence-corrected chi connectivity index (χ2v) is 6.87. The molecular formula is C17H17Br2F. The van der Waals surface area contributed by atoms with E-state index in [0.29, 0.717) is 5.92 Å². The normalized spacial score (nSPS) is 14.1. The molecule has 106 valence electrons. The first kappa shape index (κ1) is 15.7. The fourth-order valence-electron chi connectivity index (χ4n) is 2.14. The number of hydrogen-bond donors (Lipinski definition) is 0. The van der Waals surface area contributed by atoms with E-state index in [9.17, 15) is 4.39 Å². The van der Waals surface area contributed by atoms with Crippen LogP contribution in [0.15, 0.2) is 46.9 Å². The molecule has 0 fully saturated rings. The van der Waals surface area contributed by atoms with Gasteiger partial charge in [-0.1, -0.05) is 70.0 Å². The lowest BCUT2D eigenvalue weighted by molar-refractivity contribution is 0.625. The fourth-order valence-corrected chi connectivity index (χ4v) is 3.20. The molecule has 0 heterocycles. The minimum atomic E-state index is -0.227. The topological polar surface area (TPSA) is 0 Å². The second-order valence-electron chi connectivity index (χ2n) is 5.04. The number of halogens is 3. The van der Waals surface area contributed by atoms with Gasteiger partial charge in [0.25, 0.3) is 0 Å². The molecular weight excluding hydrogens is 383 g/mol. The summed E-state index contributed by atoms with van der Waals surface area (Å²) in [4.78, 5) is 0.000447. The molecule has 2 atom stereocenters. The highest BCUT2D eigenvalue weighted by atomic mass is 79.9. The predicted molar refractivity (Wildman–Crippen MR) is 90.0 cm³/mol. The molecule has 0 nitrogen and oxygen atoms in total. The van der Waals surface area contributed by atoms with Crippen LogP contribution in [0.25, 0.3) is 0 Å². The smallest absolute Gasteiger partial charge is 0.124 e. The van der Waals surface area contributed by atoms with Crippen LogP contribution >= 0.6 is 31.9 Å². The molecule has 2 unspecified atom stereocenters. The number of alkyl halides is 1. The van der Waals surface area contributed by atoms with Gasteiger partial charge in [0.2, 0.25) is 0 Å². The monoisotopic (exact) mass is 398 g/mol. The standard InChI is InChI=1S/C17H17Br2F/c1-3-11(2)12-4-6-13(7-5-12)17(19)14-8-15(18)10-16(20)9-14/h4-11,17H,3H2,1-2H3. The first-order valence-electron chi connectivity index (χ1n) is 6.71. The van der Waals surface area contributed by atoms with Crippen LogP contribution in [0.2, 0.25) is 0 Å². The summed E-state index contributed by atoms with van der Waals surface area (Å²) in [5.41, 5.74) is 3.39. The van der Waals surface area contributed by atoms with Gasteiger partial charge in [0, 0.05) is 4.47 Å². The molecule has 0 aliphatic carbocycles. The maximum absolute atomic E-state index is 13.5. The van der Waals surface area contributed by atoms with E-state index in [4.69, 9.17) is 0 Å². The lowest BCUT2D eigenvalue weighted by Gasteiger charge is -2.14. The Morgan fingerprint density at radius 2 is 1.60 bits per heavy atom. The molecule has 2 aromatic rings. The van der Waals surface area contributed by atoms with Crippen molar-refractivity contribution in [2.24, 2.45) is 0 Å². The second kappa shape index (κ2) is 6.86. The lowest BCUT2D eigenvalue weighted by Crippen LogP contribution is -1.96. The van der Waals surface area contributed by atoms with Gasteiger partial charge in [0.1, 0.15) is 5.82 Å². The van der Waals surface area contributed by atoms with Crippen molar-refractivity contribution in [2.45, 2.75) is 31.0 Å². The average Bonchev–Trinajstić information content (AvgIpc) is 2.45. The highest BCUT2D eigenvalue weighted by Crippen LogP contribution is 2.33. The van der Waals surface area contributed by atoms with Crippen molar-refractivity contribution in [3.05, 3.63) is 69.4 Å². The molecule has 0 saturated heterocycles. The molecule has 20 heavy (non-hydrogen) atoms. The highest BCUT2D eigenvalue weighted by Gasteiger charge is 2.13. The first-order valence-corrected chi connectivity index (χ1v) is 8.42. The van der Waals surface area contributed by atoms with Gasteiger partial charge in [-0.25, -0.2) is 4.39 Å². The van der Waals surface area contributed by atoms with Gasteiger partial charge in [0.05, 0.1) is 4.83 Å². The molecule has 0 N–H and O–H groups in total. The summed E-state index contributed by atoms with van der Waals surface area (Å²) in [5.74, 6) is 0.344. The zero-order valence-electron chi connectivity index (χ0n) is 11.5. The molecule has 0 radical (unpaired) electrons. The molecule has 3 heteroatoms. The molecule has 0 spiro atoms. The lowest BCUT2D eigenvalue weighted by atomic mass is 9.96. The largest absolute Gasteiger partial charge is 0.207 e. The van der Waals surface area contributed by atoms with E-state index in [1.807, 2.05) is 6.07 Å². The van der Waals surface area contributed by atoms with Crippen molar-refractivity contribution in [1.29, 1.82) is 0 Å². The van der Waals surface area contributed by atoms with Gasteiger partial charge in [-0.05, 0) is 47.2 Å². The maximum Gasteiger partial charge on any atom is 0.124 e. The van der Waals surface area contributed by atoms with Crippen LogP contribution in [0.5, 0.6) is 0 Å². The number of rotatable bonds is 4. The zero-order chi connectivity index (χ0) is 14.7. The summed E-state index contributed by atoms with van der Waals surface area (Å²) in [7, 11) is 0. The third-order valence-corrected chi connectivity index (χ3v) is 5.10. The predicted octanol–water partition coefficient (Wildman–Crippen LogP) is 6.59. The van der Waals surface area contributed by atoms with Crippen molar-refractivity contribution in [1.82, 2.24) is 0 Å². The zero-order valence-corrected chi connectivity index (χ0v) is 14.7. The van der Waals surface area contributed by atoms with Crippen LogP contribution in [0.3, 0.4) is 0 Å². The van der Waals surface area contributed by atoms with Gasteiger partial charge in [0.15, 0.2) is 0 Å². The fraction of sp³-hybridized carbons (Fsp3) is 0.294. The average molecular weight is 400 g/mol. The molecule has 2 rings (SSSR count). The van der Waals surface area contributed by atoms with Crippen molar-refractivity contribution in [2.75, 3.05) is 0 Å². The van der Waals surface area contributed by atoms with Crippen molar-refractivity contribution < 1.29 is 4.39 Å². The summed E-state index contributed by atoms with van der Waals surface area (Å²) in [6.45, 7) is 4.42. The van der Waals surface area contributed by atoms with Gasteiger partial charge in [-0.3, -0.25) is 0 Å². The Morgan fingerprint density at radius 1 is 1.00 bits per heavy atom. The maximum atomic E-state index is 13.5. The van der Waals surface area contributed by atoms with Gasteiger partial charge < -0.3 is 0 Å². The summed E-state index contributed by atoms with van der Waals surface area (Å²) in [6.07, 6.45) is 1.13. The van der Waals surface area contributed by atoms with Crippen molar-refractivity contribution in [3.8, 4) is 0 Å². The molecule has 2 aromatic carbocycles. The minimum absolute atomic E-state index is 0.000447. The highest BCUT2D eigenvalue weighted by molar-refractivity contribution is 9.10. The van der Waals surface area contributed by atoms with E-state index in [1.54, 1.807) is 6.07 Å². The Bertz CT molecular complexity index is 558. The van der Waals surface area contributed by atoms with E-state index < -0.39 is 0 Å². The molecule has 0 bridgehead atoms. The van der Waals surface area contributed by atoms with Gasteiger partial charge >= 0.3 is 0 Å². The summed E-state index contributed by atoms with van der Waals surface area (Å²) in [5, 5.41) is 0. The van der Waals surface area contributed by atoms with E-state index >= 15 is 0 Å². The van der Waals surface area contributed by atoms with Crippen LogP contribution in [0.4, 0.5) is 4.39 Å². The minimum Gasteiger partial charge on any atom is -0.207 e. The quantitative estimate of drug-likeness (QED) is 0.509. The van der Waals surface area contributed by atoms with Gasteiger partial charge in [-0.15, -0.1) is 0 Å².